The summed E-state index contributed by atoms with van der Waals surface area (Å²) in [5.74, 6) is -1.01. The van der Waals surface area contributed by atoms with Crippen LogP contribution in [0.25, 0.3) is 0 Å². The molecule has 0 radical (unpaired) electrons. The molecule has 1 aromatic heterocycles. The summed E-state index contributed by atoms with van der Waals surface area (Å²) in [6.45, 7) is 5.12. The molecule has 0 amide bonds. The molecule has 1 atom stereocenters. The second kappa shape index (κ2) is 8.43. The summed E-state index contributed by atoms with van der Waals surface area (Å²) < 4.78 is 29.7. The lowest BCUT2D eigenvalue weighted by Gasteiger charge is -2.32. The van der Waals surface area contributed by atoms with Gasteiger partial charge in [-0.05, 0) is 20.8 Å². The molecule has 0 saturated heterocycles. The first-order valence-electron chi connectivity index (χ1n) is 7.18. The number of nitrogens with zero attached hydrogens (tertiary/aromatic N) is 2. The van der Waals surface area contributed by atoms with E-state index in [-0.39, 0.29) is 32.8 Å². The highest BCUT2D eigenvalue weighted by Gasteiger charge is 2.57. The van der Waals surface area contributed by atoms with Crippen molar-refractivity contribution >= 4 is 13.6 Å². The number of carbonyl (C=O) groups is 1. The summed E-state index contributed by atoms with van der Waals surface area (Å²) in [6, 6.07) is 0. The minimum Gasteiger partial charge on any atom is -0.463 e. The molecule has 126 valence electrons. The Morgan fingerprint density at radius 1 is 1.27 bits per heavy atom. The second-order valence-electron chi connectivity index (χ2n) is 4.42. The first-order chi connectivity index (χ1) is 10.4. The molecule has 0 aliphatic carbocycles. The van der Waals surface area contributed by atoms with E-state index in [2.05, 4.69) is 4.98 Å². The Morgan fingerprint density at radius 3 is 2.36 bits per heavy atom. The van der Waals surface area contributed by atoms with Crippen LogP contribution >= 0.6 is 7.60 Å². The molecule has 1 unspecified atom stereocenters. The van der Waals surface area contributed by atoms with Crippen molar-refractivity contribution in [1.82, 2.24) is 9.55 Å². The molecule has 8 nitrogen and oxygen atoms in total. The van der Waals surface area contributed by atoms with E-state index in [0.717, 1.165) is 0 Å². The third-order valence-electron chi connectivity index (χ3n) is 2.93. The van der Waals surface area contributed by atoms with Crippen LogP contribution in [-0.2, 0) is 29.7 Å². The van der Waals surface area contributed by atoms with Crippen molar-refractivity contribution < 1.29 is 28.3 Å². The van der Waals surface area contributed by atoms with Gasteiger partial charge in [-0.25, -0.2) is 9.78 Å². The summed E-state index contributed by atoms with van der Waals surface area (Å²) in [6.07, 6.45) is 4.57. The molecule has 9 heteroatoms. The number of aliphatic hydroxyl groups is 1. The molecule has 1 heterocycles. The molecule has 1 N–H and O–H groups in total. The van der Waals surface area contributed by atoms with E-state index in [9.17, 15) is 14.5 Å². The Kier molecular flexibility index (Phi) is 7.22. The minimum absolute atomic E-state index is 0.0318. The van der Waals surface area contributed by atoms with Crippen molar-refractivity contribution in [3.8, 4) is 0 Å². The van der Waals surface area contributed by atoms with E-state index in [1.165, 1.54) is 6.33 Å². The SMILES string of the molecule is CCOC(=O)C(O)(CCn1ccnc1)P(=O)(OCC)OCC. The van der Waals surface area contributed by atoms with Crippen LogP contribution in [0.2, 0.25) is 0 Å². The largest absolute Gasteiger partial charge is 0.463 e. The van der Waals surface area contributed by atoms with E-state index in [4.69, 9.17) is 13.8 Å². The Hall–Kier alpha value is -1.21. The maximum Gasteiger partial charge on any atom is 0.373 e. The zero-order valence-corrected chi connectivity index (χ0v) is 14.0. The van der Waals surface area contributed by atoms with Crippen LogP contribution in [0.15, 0.2) is 18.7 Å². The zero-order valence-electron chi connectivity index (χ0n) is 13.1. The van der Waals surface area contributed by atoms with Gasteiger partial charge in [0.15, 0.2) is 0 Å². The maximum absolute atomic E-state index is 12.9. The van der Waals surface area contributed by atoms with Crippen molar-refractivity contribution in [1.29, 1.82) is 0 Å². The van der Waals surface area contributed by atoms with Gasteiger partial charge in [0.05, 0.1) is 26.1 Å². The molecule has 1 aromatic rings. The lowest BCUT2D eigenvalue weighted by atomic mass is 10.2. The lowest BCUT2D eigenvalue weighted by molar-refractivity contribution is -0.159. The number of rotatable bonds is 10. The Bertz CT molecular complexity index is 497. The van der Waals surface area contributed by atoms with Gasteiger partial charge in [0.2, 0.25) is 0 Å². The van der Waals surface area contributed by atoms with Crippen LogP contribution in [-0.4, -0.2) is 45.8 Å². The van der Waals surface area contributed by atoms with E-state index < -0.39 is 18.9 Å². The summed E-state index contributed by atoms with van der Waals surface area (Å²) in [7, 11) is -4.10. The van der Waals surface area contributed by atoms with Crippen molar-refractivity contribution in [2.24, 2.45) is 0 Å². The molecule has 0 bridgehead atoms. The molecule has 1 rings (SSSR count). The third kappa shape index (κ3) is 4.16. The Labute approximate surface area is 129 Å². The van der Waals surface area contributed by atoms with Crippen molar-refractivity contribution in [3.63, 3.8) is 0 Å². The van der Waals surface area contributed by atoms with Crippen LogP contribution in [0.3, 0.4) is 0 Å². The summed E-state index contributed by atoms with van der Waals surface area (Å²) >= 11 is 0. The predicted molar refractivity (Wildman–Crippen MR) is 79.3 cm³/mol. The normalized spacial score (nSPS) is 14.5. The van der Waals surface area contributed by atoms with Crippen LogP contribution in [0.1, 0.15) is 27.2 Å². The average Bonchev–Trinajstić information content (AvgIpc) is 2.98. The number of aryl methyl sites for hydroxylation is 1. The highest BCUT2D eigenvalue weighted by molar-refractivity contribution is 7.56. The first-order valence-corrected chi connectivity index (χ1v) is 8.72. The van der Waals surface area contributed by atoms with Crippen LogP contribution in [0.5, 0.6) is 0 Å². The fourth-order valence-electron chi connectivity index (χ4n) is 1.89. The monoisotopic (exact) mass is 334 g/mol. The van der Waals surface area contributed by atoms with Gasteiger partial charge in [-0.2, -0.15) is 0 Å². The average molecular weight is 334 g/mol. The van der Waals surface area contributed by atoms with Gasteiger partial charge in [0.25, 0.3) is 5.34 Å². The quantitative estimate of drug-likeness (QED) is 0.514. The molecule has 0 aliphatic rings. The number of ether oxygens (including phenoxy) is 1. The molecule has 0 saturated carbocycles. The lowest BCUT2D eigenvalue weighted by Crippen LogP contribution is -2.42. The van der Waals surface area contributed by atoms with Crippen LogP contribution in [0.4, 0.5) is 0 Å². The second-order valence-corrected chi connectivity index (χ2v) is 6.67. The van der Waals surface area contributed by atoms with Gasteiger partial charge in [-0.15, -0.1) is 0 Å². The summed E-state index contributed by atoms with van der Waals surface area (Å²) in [5, 5.41) is 8.41. The molecular formula is C13H23N2O6P. The molecule has 0 aliphatic heterocycles. The number of hydrogen-bond acceptors (Lipinski definition) is 7. The number of aromatic nitrogens is 2. The standard InChI is InChI=1S/C13H23N2O6P/c1-4-19-12(16)13(17,7-9-15-10-8-14-11-15)22(18,20-5-2)21-6-3/h8,10-11,17H,4-7,9H2,1-3H3. The molecular weight excluding hydrogens is 311 g/mol. The fourth-order valence-corrected chi connectivity index (χ4v) is 3.74. The van der Waals surface area contributed by atoms with Gasteiger partial charge in [0.1, 0.15) is 0 Å². The van der Waals surface area contributed by atoms with Crippen LogP contribution in [0, 0.1) is 0 Å². The van der Waals surface area contributed by atoms with Gasteiger partial charge >= 0.3 is 13.6 Å². The smallest absolute Gasteiger partial charge is 0.373 e. The summed E-state index contributed by atoms with van der Waals surface area (Å²) in [4.78, 5) is 16.1. The predicted octanol–water partition coefficient (Wildman–Crippen LogP) is 1.79. The van der Waals surface area contributed by atoms with E-state index in [0.29, 0.717) is 0 Å². The van der Waals surface area contributed by atoms with Gasteiger partial charge in [0, 0.05) is 25.4 Å². The number of hydrogen-bond donors (Lipinski definition) is 1. The molecule has 0 fully saturated rings. The van der Waals surface area contributed by atoms with Gasteiger partial charge < -0.3 is 23.5 Å². The van der Waals surface area contributed by atoms with Crippen molar-refractivity contribution in [2.75, 3.05) is 19.8 Å². The molecule has 22 heavy (non-hydrogen) atoms. The van der Waals surface area contributed by atoms with Crippen molar-refractivity contribution in [2.45, 2.75) is 39.1 Å². The highest BCUT2D eigenvalue weighted by atomic mass is 31.2. The zero-order chi connectivity index (χ0) is 16.6. The first kappa shape index (κ1) is 18.8. The van der Waals surface area contributed by atoms with Crippen LogP contribution < -0.4 is 0 Å². The van der Waals surface area contributed by atoms with E-state index in [1.54, 1.807) is 37.7 Å². The minimum atomic E-state index is -4.10. The van der Waals surface area contributed by atoms with E-state index >= 15 is 0 Å². The number of imidazole rings is 1. The Morgan fingerprint density at radius 2 is 1.91 bits per heavy atom. The molecule has 0 spiro atoms. The van der Waals surface area contributed by atoms with Crippen molar-refractivity contribution in [3.05, 3.63) is 18.7 Å². The van der Waals surface area contributed by atoms with Gasteiger partial charge in [-0.1, -0.05) is 0 Å². The van der Waals surface area contributed by atoms with Gasteiger partial charge in [-0.3, -0.25) is 4.57 Å². The fraction of sp³-hybridized carbons (Fsp3) is 0.692. The highest BCUT2D eigenvalue weighted by Crippen LogP contribution is 2.60. The summed E-state index contributed by atoms with van der Waals surface area (Å²) in [5.41, 5.74) is 0. The number of esters is 1. The Balaban J connectivity index is 3.07. The third-order valence-corrected chi connectivity index (χ3v) is 5.44. The molecule has 0 aromatic carbocycles. The number of carbonyl (C=O) groups excluding carboxylic acids is 1. The topological polar surface area (TPSA) is 99.9 Å². The maximum atomic E-state index is 12.9. The van der Waals surface area contributed by atoms with E-state index in [1.807, 2.05) is 0 Å².